The van der Waals surface area contributed by atoms with Gasteiger partial charge in [-0.3, -0.25) is 4.79 Å². The fourth-order valence-corrected chi connectivity index (χ4v) is 0.973. The number of amidine groups is 1. The average Bonchev–Trinajstić information content (AvgIpc) is 2.18. The molecule has 0 bridgehead atoms. The number of ether oxygens (including phenoxy) is 1. The van der Waals surface area contributed by atoms with E-state index in [1.54, 1.807) is 4.90 Å². The van der Waals surface area contributed by atoms with Gasteiger partial charge in [0.25, 0.3) is 0 Å². The standard InChI is InChI=1S/C8H17N3O3/c1-3-11(8(12)6-14-2)5-4-7(9)10-13/h13H,3-6H2,1-2H3,(H2,9,10). The molecule has 0 aromatic carbocycles. The fourth-order valence-electron chi connectivity index (χ4n) is 0.973. The van der Waals surface area contributed by atoms with Crippen molar-refractivity contribution in [1.29, 1.82) is 0 Å². The second-order valence-electron chi connectivity index (χ2n) is 2.75. The second-order valence-corrected chi connectivity index (χ2v) is 2.75. The van der Waals surface area contributed by atoms with Crippen LogP contribution >= 0.6 is 0 Å². The van der Waals surface area contributed by atoms with Crippen LogP contribution in [0, 0.1) is 0 Å². The number of oxime groups is 1. The third kappa shape index (κ3) is 4.66. The van der Waals surface area contributed by atoms with Gasteiger partial charge >= 0.3 is 0 Å². The molecule has 0 saturated heterocycles. The Labute approximate surface area is 83.3 Å². The van der Waals surface area contributed by atoms with E-state index in [1.165, 1.54) is 7.11 Å². The van der Waals surface area contributed by atoms with Gasteiger partial charge in [0, 0.05) is 26.6 Å². The van der Waals surface area contributed by atoms with Crippen molar-refractivity contribution in [2.24, 2.45) is 10.9 Å². The maximum Gasteiger partial charge on any atom is 0.248 e. The zero-order chi connectivity index (χ0) is 11.0. The van der Waals surface area contributed by atoms with Gasteiger partial charge in [0.15, 0.2) is 0 Å². The number of nitrogens with two attached hydrogens (primary N) is 1. The Morgan fingerprint density at radius 3 is 2.71 bits per heavy atom. The number of rotatable bonds is 6. The zero-order valence-corrected chi connectivity index (χ0v) is 8.56. The molecular weight excluding hydrogens is 186 g/mol. The van der Waals surface area contributed by atoms with Gasteiger partial charge in [-0.25, -0.2) is 0 Å². The van der Waals surface area contributed by atoms with Crippen molar-refractivity contribution in [1.82, 2.24) is 4.90 Å². The molecule has 0 fully saturated rings. The van der Waals surface area contributed by atoms with Gasteiger partial charge in [-0.05, 0) is 6.92 Å². The molecule has 0 saturated carbocycles. The summed E-state index contributed by atoms with van der Waals surface area (Å²) in [6.07, 6.45) is 0.361. The van der Waals surface area contributed by atoms with Crippen molar-refractivity contribution >= 4 is 11.7 Å². The van der Waals surface area contributed by atoms with E-state index in [0.29, 0.717) is 19.5 Å². The summed E-state index contributed by atoms with van der Waals surface area (Å²) in [5.41, 5.74) is 5.28. The monoisotopic (exact) mass is 203 g/mol. The number of hydrogen-bond donors (Lipinski definition) is 2. The lowest BCUT2D eigenvalue weighted by atomic mass is 10.3. The molecule has 0 aliphatic heterocycles. The molecule has 0 rings (SSSR count). The molecule has 0 heterocycles. The summed E-state index contributed by atoms with van der Waals surface area (Å²) in [7, 11) is 1.47. The van der Waals surface area contributed by atoms with Crippen molar-refractivity contribution in [3.63, 3.8) is 0 Å². The number of hydrogen-bond acceptors (Lipinski definition) is 4. The molecule has 0 aromatic heterocycles. The first-order valence-electron chi connectivity index (χ1n) is 4.38. The van der Waals surface area contributed by atoms with Crippen LogP contribution in [0.25, 0.3) is 0 Å². The Morgan fingerprint density at radius 1 is 1.64 bits per heavy atom. The summed E-state index contributed by atoms with van der Waals surface area (Å²) in [5, 5.41) is 11.1. The number of likely N-dealkylation sites (N-methyl/N-ethyl adjacent to an activating group) is 1. The first-order chi connectivity index (χ1) is 6.65. The van der Waals surface area contributed by atoms with E-state index in [9.17, 15) is 4.79 Å². The molecule has 6 heteroatoms. The van der Waals surface area contributed by atoms with Gasteiger partial charge < -0.3 is 20.6 Å². The van der Waals surface area contributed by atoms with Gasteiger partial charge in [-0.1, -0.05) is 5.16 Å². The molecule has 0 aliphatic rings. The Bertz CT molecular complexity index is 206. The van der Waals surface area contributed by atoms with E-state index < -0.39 is 0 Å². The molecule has 0 aliphatic carbocycles. The molecule has 14 heavy (non-hydrogen) atoms. The number of methoxy groups -OCH3 is 1. The van der Waals surface area contributed by atoms with Gasteiger partial charge in [0.2, 0.25) is 5.91 Å². The lowest BCUT2D eigenvalue weighted by molar-refractivity contribution is -0.134. The average molecular weight is 203 g/mol. The number of amides is 1. The van der Waals surface area contributed by atoms with Crippen molar-refractivity contribution < 1.29 is 14.7 Å². The van der Waals surface area contributed by atoms with E-state index in [-0.39, 0.29) is 18.3 Å². The first kappa shape index (κ1) is 12.7. The highest BCUT2D eigenvalue weighted by molar-refractivity contribution is 5.81. The lowest BCUT2D eigenvalue weighted by Crippen LogP contribution is -2.36. The Morgan fingerprint density at radius 2 is 2.29 bits per heavy atom. The molecule has 0 radical (unpaired) electrons. The maximum absolute atomic E-state index is 11.3. The number of carbonyl (C=O) groups is 1. The van der Waals surface area contributed by atoms with Crippen LogP contribution < -0.4 is 5.73 Å². The minimum atomic E-state index is -0.0965. The third-order valence-corrected chi connectivity index (χ3v) is 1.77. The van der Waals surface area contributed by atoms with Crippen molar-refractivity contribution in [2.75, 3.05) is 26.8 Å². The zero-order valence-electron chi connectivity index (χ0n) is 8.56. The van der Waals surface area contributed by atoms with Crippen LogP contribution in [0.4, 0.5) is 0 Å². The van der Waals surface area contributed by atoms with Crippen LogP contribution in [0.2, 0.25) is 0 Å². The van der Waals surface area contributed by atoms with Gasteiger partial charge in [-0.15, -0.1) is 0 Å². The van der Waals surface area contributed by atoms with Crippen LogP contribution in [-0.2, 0) is 9.53 Å². The smallest absolute Gasteiger partial charge is 0.248 e. The largest absolute Gasteiger partial charge is 0.409 e. The molecule has 1 amide bonds. The van der Waals surface area contributed by atoms with Crippen LogP contribution in [0.15, 0.2) is 5.16 Å². The normalized spacial score (nSPS) is 11.4. The predicted molar refractivity (Wildman–Crippen MR) is 52.2 cm³/mol. The number of carbonyl (C=O) groups excluding carboxylic acids is 1. The Balaban J connectivity index is 3.96. The molecule has 6 nitrogen and oxygen atoms in total. The first-order valence-corrected chi connectivity index (χ1v) is 4.38. The van der Waals surface area contributed by atoms with Crippen LogP contribution in [-0.4, -0.2) is 48.7 Å². The quantitative estimate of drug-likeness (QED) is 0.266. The minimum absolute atomic E-state index is 0.0595. The summed E-state index contributed by atoms with van der Waals surface area (Å²) in [6, 6.07) is 0. The molecule has 0 spiro atoms. The molecule has 0 aromatic rings. The lowest BCUT2D eigenvalue weighted by Gasteiger charge is -2.19. The number of nitrogens with zero attached hydrogens (tertiary/aromatic N) is 2. The highest BCUT2D eigenvalue weighted by atomic mass is 16.5. The molecular formula is C8H17N3O3. The highest BCUT2D eigenvalue weighted by Crippen LogP contribution is 1.93. The van der Waals surface area contributed by atoms with Crippen LogP contribution in [0.1, 0.15) is 13.3 Å². The van der Waals surface area contributed by atoms with E-state index in [4.69, 9.17) is 15.7 Å². The van der Waals surface area contributed by atoms with Crippen molar-refractivity contribution in [2.45, 2.75) is 13.3 Å². The molecule has 0 unspecified atom stereocenters. The summed E-state index contributed by atoms with van der Waals surface area (Å²) >= 11 is 0. The molecule has 3 N–H and O–H groups in total. The maximum atomic E-state index is 11.3. The van der Waals surface area contributed by atoms with Crippen LogP contribution in [0.5, 0.6) is 0 Å². The Kier molecular flexibility index (Phi) is 6.47. The highest BCUT2D eigenvalue weighted by Gasteiger charge is 2.10. The van der Waals surface area contributed by atoms with E-state index in [2.05, 4.69) is 5.16 Å². The van der Waals surface area contributed by atoms with Crippen LogP contribution in [0.3, 0.4) is 0 Å². The molecule has 0 atom stereocenters. The van der Waals surface area contributed by atoms with E-state index in [1.807, 2.05) is 6.92 Å². The topological polar surface area (TPSA) is 88.1 Å². The SMILES string of the molecule is CCN(CCC(N)=NO)C(=O)COC. The predicted octanol–water partition coefficient (Wildman–Crippen LogP) is -0.382. The Hall–Kier alpha value is -1.30. The van der Waals surface area contributed by atoms with Crippen molar-refractivity contribution in [3.8, 4) is 0 Å². The van der Waals surface area contributed by atoms with Crippen molar-refractivity contribution in [3.05, 3.63) is 0 Å². The summed E-state index contributed by atoms with van der Waals surface area (Å²) < 4.78 is 4.72. The summed E-state index contributed by atoms with van der Waals surface area (Å²) in [5.74, 6) is 0.0226. The second kappa shape index (κ2) is 7.14. The fraction of sp³-hybridized carbons (Fsp3) is 0.750. The van der Waals surface area contributed by atoms with Gasteiger partial charge in [-0.2, -0.15) is 0 Å². The third-order valence-electron chi connectivity index (χ3n) is 1.77. The minimum Gasteiger partial charge on any atom is -0.409 e. The summed E-state index contributed by atoms with van der Waals surface area (Å²) in [6.45, 7) is 2.94. The summed E-state index contributed by atoms with van der Waals surface area (Å²) in [4.78, 5) is 12.9. The van der Waals surface area contributed by atoms with Gasteiger partial charge in [0.05, 0.1) is 0 Å². The van der Waals surface area contributed by atoms with Gasteiger partial charge in [0.1, 0.15) is 12.4 Å². The molecule has 82 valence electrons. The van der Waals surface area contributed by atoms with E-state index >= 15 is 0 Å². The van der Waals surface area contributed by atoms with E-state index in [0.717, 1.165) is 0 Å².